The maximum Gasteiger partial charge on any atom is 0.247 e. The van der Waals surface area contributed by atoms with Crippen LogP contribution in [0.1, 0.15) is 31.2 Å². The molecule has 2 aromatic carbocycles. The Labute approximate surface area is 159 Å². The van der Waals surface area contributed by atoms with E-state index >= 15 is 0 Å². The Morgan fingerprint density at radius 3 is 2.70 bits per heavy atom. The molecule has 2 heterocycles. The maximum atomic E-state index is 12.3. The fourth-order valence-corrected chi connectivity index (χ4v) is 4.06. The smallest absolute Gasteiger partial charge is 0.247 e. The number of aryl methyl sites for hydroxylation is 1. The highest BCUT2D eigenvalue weighted by atomic mass is 16.2. The highest BCUT2D eigenvalue weighted by Gasteiger charge is 2.41. The third-order valence-corrected chi connectivity index (χ3v) is 5.40. The van der Waals surface area contributed by atoms with E-state index in [0.717, 1.165) is 30.6 Å². The summed E-state index contributed by atoms with van der Waals surface area (Å²) in [5.74, 6) is 0.106. The first kappa shape index (κ1) is 17.6. The molecule has 0 radical (unpaired) electrons. The van der Waals surface area contributed by atoms with Gasteiger partial charge in [0.1, 0.15) is 6.04 Å². The van der Waals surface area contributed by atoms with Gasteiger partial charge in [-0.1, -0.05) is 42.5 Å². The van der Waals surface area contributed by atoms with Crippen molar-refractivity contribution in [3.05, 3.63) is 60.2 Å². The lowest BCUT2D eigenvalue weighted by molar-refractivity contribution is -0.122. The van der Waals surface area contributed by atoms with Gasteiger partial charge < -0.3 is 15.5 Å². The molecule has 2 amide bonds. The van der Waals surface area contributed by atoms with E-state index in [2.05, 4.69) is 27.7 Å². The SMILES string of the molecule is O=C(CCCCc1ccccc1)NC1CC2C(=O)Nc3ccccc3N2C1. The molecule has 5 heteroatoms. The van der Waals surface area contributed by atoms with Crippen molar-refractivity contribution in [3.63, 3.8) is 0 Å². The molecule has 4 rings (SSSR count). The van der Waals surface area contributed by atoms with Gasteiger partial charge in [-0.3, -0.25) is 9.59 Å². The minimum absolute atomic E-state index is 0.0216. The van der Waals surface area contributed by atoms with Crippen LogP contribution in [0.2, 0.25) is 0 Å². The number of fused-ring (bicyclic) bond motifs is 3. The lowest BCUT2D eigenvalue weighted by Crippen LogP contribution is -2.44. The monoisotopic (exact) mass is 363 g/mol. The normalized spacial score (nSPS) is 20.6. The van der Waals surface area contributed by atoms with Crippen LogP contribution in [0.4, 0.5) is 11.4 Å². The number of rotatable bonds is 6. The predicted octanol–water partition coefficient (Wildman–Crippen LogP) is 3.12. The van der Waals surface area contributed by atoms with Crippen molar-refractivity contribution in [2.45, 2.75) is 44.2 Å². The Balaban J connectivity index is 1.26. The van der Waals surface area contributed by atoms with Gasteiger partial charge in [-0.25, -0.2) is 0 Å². The van der Waals surface area contributed by atoms with Crippen molar-refractivity contribution in [1.82, 2.24) is 5.32 Å². The number of carbonyl (C=O) groups excluding carboxylic acids is 2. The zero-order valence-electron chi connectivity index (χ0n) is 15.4. The molecular weight excluding hydrogens is 338 g/mol. The quantitative estimate of drug-likeness (QED) is 0.775. The van der Waals surface area contributed by atoms with Crippen LogP contribution in [0, 0.1) is 0 Å². The summed E-state index contributed by atoms with van der Waals surface area (Å²) in [6.07, 6.45) is 4.09. The Bertz CT molecular complexity index is 821. The van der Waals surface area contributed by atoms with Crippen molar-refractivity contribution >= 4 is 23.2 Å². The number of para-hydroxylation sites is 2. The summed E-state index contributed by atoms with van der Waals surface area (Å²) >= 11 is 0. The molecule has 0 aromatic heterocycles. The molecule has 2 unspecified atom stereocenters. The van der Waals surface area contributed by atoms with E-state index in [0.29, 0.717) is 19.4 Å². The summed E-state index contributed by atoms with van der Waals surface area (Å²) < 4.78 is 0. The first-order valence-electron chi connectivity index (χ1n) is 9.70. The Kier molecular flexibility index (Phi) is 5.10. The third kappa shape index (κ3) is 3.97. The molecule has 0 aliphatic carbocycles. The van der Waals surface area contributed by atoms with Crippen LogP contribution in [0.15, 0.2) is 54.6 Å². The lowest BCUT2D eigenvalue weighted by atomic mass is 10.1. The van der Waals surface area contributed by atoms with Gasteiger partial charge in [-0.15, -0.1) is 0 Å². The van der Waals surface area contributed by atoms with E-state index in [9.17, 15) is 9.59 Å². The molecule has 140 valence electrons. The second kappa shape index (κ2) is 7.82. The van der Waals surface area contributed by atoms with Gasteiger partial charge in [0.2, 0.25) is 11.8 Å². The number of amides is 2. The number of nitrogens with one attached hydrogen (secondary N) is 2. The summed E-state index contributed by atoms with van der Waals surface area (Å²) in [5.41, 5.74) is 3.21. The van der Waals surface area contributed by atoms with Gasteiger partial charge in [0, 0.05) is 19.0 Å². The van der Waals surface area contributed by atoms with Crippen LogP contribution in [0.25, 0.3) is 0 Å². The van der Waals surface area contributed by atoms with Crippen LogP contribution in [-0.4, -0.2) is 30.4 Å². The minimum atomic E-state index is -0.191. The van der Waals surface area contributed by atoms with Gasteiger partial charge in [0.25, 0.3) is 0 Å². The average Bonchev–Trinajstić information content (AvgIpc) is 3.11. The molecule has 1 saturated heterocycles. The first-order chi connectivity index (χ1) is 13.2. The molecule has 2 aromatic rings. The van der Waals surface area contributed by atoms with Crippen molar-refractivity contribution in [3.8, 4) is 0 Å². The summed E-state index contributed by atoms with van der Waals surface area (Å²) in [6.45, 7) is 0.685. The minimum Gasteiger partial charge on any atom is -0.356 e. The van der Waals surface area contributed by atoms with E-state index in [-0.39, 0.29) is 23.9 Å². The molecule has 0 bridgehead atoms. The molecular formula is C22H25N3O2. The summed E-state index contributed by atoms with van der Waals surface area (Å²) in [6, 6.07) is 18.0. The highest BCUT2D eigenvalue weighted by Crippen LogP contribution is 2.36. The van der Waals surface area contributed by atoms with Crippen LogP contribution in [0.3, 0.4) is 0 Å². The third-order valence-electron chi connectivity index (χ3n) is 5.40. The first-order valence-corrected chi connectivity index (χ1v) is 9.70. The molecule has 0 spiro atoms. The van der Waals surface area contributed by atoms with Crippen molar-refractivity contribution in [2.75, 3.05) is 16.8 Å². The largest absolute Gasteiger partial charge is 0.356 e. The lowest BCUT2D eigenvalue weighted by Gasteiger charge is -2.32. The van der Waals surface area contributed by atoms with E-state index < -0.39 is 0 Å². The Morgan fingerprint density at radius 1 is 1.07 bits per heavy atom. The maximum absolute atomic E-state index is 12.3. The van der Waals surface area contributed by atoms with Crippen molar-refractivity contribution in [2.24, 2.45) is 0 Å². The predicted molar refractivity (Wildman–Crippen MR) is 107 cm³/mol. The number of hydrogen-bond donors (Lipinski definition) is 2. The summed E-state index contributed by atoms with van der Waals surface area (Å²) in [5, 5.41) is 6.09. The standard InChI is InChI=1S/C22H25N3O2/c26-21(13-7-4-10-16-8-2-1-3-9-16)23-17-14-20-22(27)24-18-11-5-6-12-19(18)25(20)15-17/h1-3,5-6,8-9,11-12,17,20H,4,7,10,13-15H2,(H,23,26)(H,24,27). The van der Waals surface area contributed by atoms with E-state index in [1.54, 1.807) is 0 Å². The molecule has 2 aliphatic rings. The van der Waals surface area contributed by atoms with Crippen molar-refractivity contribution < 1.29 is 9.59 Å². The highest BCUT2D eigenvalue weighted by molar-refractivity contribution is 6.04. The van der Waals surface area contributed by atoms with E-state index in [1.165, 1.54) is 5.56 Å². The number of hydrogen-bond acceptors (Lipinski definition) is 3. The number of nitrogens with zero attached hydrogens (tertiary/aromatic N) is 1. The summed E-state index contributed by atoms with van der Waals surface area (Å²) in [4.78, 5) is 26.8. The van der Waals surface area contributed by atoms with Crippen LogP contribution >= 0.6 is 0 Å². The zero-order chi connectivity index (χ0) is 18.6. The van der Waals surface area contributed by atoms with E-state index in [1.807, 2.05) is 42.5 Å². The number of benzene rings is 2. The fraction of sp³-hybridized carbons (Fsp3) is 0.364. The number of carbonyl (C=O) groups is 2. The molecule has 2 N–H and O–H groups in total. The molecule has 2 atom stereocenters. The summed E-state index contributed by atoms with van der Waals surface area (Å²) in [7, 11) is 0. The van der Waals surface area contributed by atoms with Crippen LogP contribution in [-0.2, 0) is 16.0 Å². The Hall–Kier alpha value is -2.82. The average molecular weight is 363 g/mol. The number of anilines is 2. The molecule has 0 saturated carbocycles. The number of unbranched alkanes of at least 4 members (excludes halogenated alkanes) is 1. The van der Waals surface area contributed by atoms with Gasteiger partial charge in [-0.05, 0) is 43.4 Å². The Morgan fingerprint density at radius 2 is 1.85 bits per heavy atom. The van der Waals surface area contributed by atoms with Crippen LogP contribution < -0.4 is 15.5 Å². The zero-order valence-corrected chi connectivity index (χ0v) is 15.4. The van der Waals surface area contributed by atoms with Crippen LogP contribution in [0.5, 0.6) is 0 Å². The van der Waals surface area contributed by atoms with Crippen molar-refractivity contribution in [1.29, 1.82) is 0 Å². The van der Waals surface area contributed by atoms with Gasteiger partial charge >= 0.3 is 0 Å². The van der Waals surface area contributed by atoms with E-state index in [4.69, 9.17) is 0 Å². The second-order valence-electron chi connectivity index (χ2n) is 7.37. The molecule has 1 fully saturated rings. The second-order valence-corrected chi connectivity index (χ2v) is 7.37. The molecule has 5 nitrogen and oxygen atoms in total. The van der Waals surface area contributed by atoms with Gasteiger partial charge in [-0.2, -0.15) is 0 Å². The van der Waals surface area contributed by atoms with Gasteiger partial charge in [0.05, 0.1) is 11.4 Å². The van der Waals surface area contributed by atoms with Gasteiger partial charge in [0.15, 0.2) is 0 Å². The fourth-order valence-electron chi connectivity index (χ4n) is 4.06. The molecule has 27 heavy (non-hydrogen) atoms. The molecule has 2 aliphatic heterocycles. The topological polar surface area (TPSA) is 61.4 Å².